The van der Waals surface area contributed by atoms with E-state index < -0.39 is 0 Å². The summed E-state index contributed by atoms with van der Waals surface area (Å²) in [6, 6.07) is 2.08. The molecule has 5 heteroatoms. The zero-order valence-electron chi connectivity index (χ0n) is 13.6. The molecule has 21 heavy (non-hydrogen) atoms. The molecule has 0 atom stereocenters. The molecule has 0 aliphatic rings. The first-order valence-electron chi connectivity index (χ1n) is 7.71. The maximum atomic E-state index is 5.70. The van der Waals surface area contributed by atoms with Crippen molar-refractivity contribution in [2.75, 3.05) is 40.1 Å². The van der Waals surface area contributed by atoms with Crippen molar-refractivity contribution >= 4 is 0 Å². The average Bonchev–Trinajstić information content (AvgIpc) is 2.82. The lowest BCUT2D eigenvalue weighted by atomic mass is 10.2. The van der Waals surface area contributed by atoms with Crippen molar-refractivity contribution in [2.45, 2.75) is 39.8 Å². The van der Waals surface area contributed by atoms with E-state index in [1.54, 1.807) is 7.11 Å². The monoisotopic (exact) mass is 299 g/mol. The molecule has 0 aromatic carbocycles. The van der Waals surface area contributed by atoms with E-state index >= 15 is 0 Å². The molecule has 1 rings (SSSR count). The van der Waals surface area contributed by atoms with E-state index in [0.717, 1.165) is 43.0 Å². The van der Waals surface area contributed by atoms with E-state index in [1.807, 2.05) is 6.92 Å². The normalized spacial score (nSPS) is 11.2. The van der Waals surface area contributed by atoms with Gasteiger partial charge in [-0.15, -0.1) is 0 Å². The predicted molar refractivity (Wildman–Crippen MR) is 82.4 cm³/mol. The Bertz CT molecular complexity index is 365. The molecular formula is C16H29NO4. The van der Waals surface area contributed by atoms with Gasteiger partial charge in [0.05, 0.1) is 26.4 Å². The van der Waals surface area contributed by atoms with Crippen LogP contribution in [0, 0.1) is 6.92 Å². The molecule has 0 radical (unpaired) electrons. The maximum Gasteiger partial charge on any atom is 0.118 e. The standard InChI is InChI=1S/C16H29NO4/c1-4-6-17-12-16-11-15(14(2)21-16)13-20-8-5-7-19-10-9-18-3/h11,17H,4-10,12-13H2,1-3H3. The number of hydrogen-bond donors (Lipinski definition) is 1. The Hall–Kier alpha value is -0.880. The largest absolute Gasteiger partial charge is 0.465 e. The van der Waals surface area contributed by atoms with Crippen LogP contribution in [0.25, 0.3) is 0 Å². The fourth-order valence-electron chi connectivity index (χ4n) is 1.90. The van der Waals surface area contributed by atoms with Crippen LogP contribution < -0.4 is 5.32 Å². The van der Waals surface area contributed by atoms with Gasteiger partial charge in [-0.3, -0.25) is 0 Å². The van der Waals surface area contributed by atoms with Gasteiger partial charge in [-0.1, -0.05) is 6.92 Å². The molecule has 0 unspecified atom stereocenters. The molecule has 1 heterocycles. The fourth-order valence-corrected chi connectivity index (χ4v) is 1.90. The van der Waals surface area contributed by atoms with Crippen molar-refractivity contribution in [3.63, 3.8) is 0 Å². The highest BCUT2D eigenvalue weighted by molar-refractivity contribution is 5.19. The summed E-state index contributed by atoms with van der Waals surface area (Å²) in [5.74, 6) is 1.92. The fraction of sp³-hybridized carbons (Fsp3) is 0.750. The van der Waals surface area contributed by atoms with Crippen LogP contribution in [-0.2, 0) is 27.4 Å². The minimum absolute atomic E-state index is 0.598. The second kappa shape index (κ2) is 11.7. The predicted octanol–water partition coefficient (Wildman–Crippen LogP) is 2.66. The lowest BCUT2D eigenvalue weighted by Crippen LogP contribution is -2.13. The Morgan fingerprint density at radius 1 is 1.14 bits per heavy atom. The molecule has 5 nitrogen and oxygen atoms in total. The van der Waals surface area contributed by atoms with Gasteiger partial charge in [0.25, 0.3) is 0 Å². The van der Waals surface area contributed by atoms with Gasteiger partial charge < -0.3 is 23.9 Å². The summed E-state index contributed by atoms with van der Waals surface area (Å²) in [6.45, 7) is 9.21. The highest BCUT2D eigenvalue weighted by Gasteiger charge is 2.07. The summed E-state index contributed by atoms with van der Waals surface area (Å²) in [6.07, 6.45) is 2.02. The van der Waals surface area contributed by atoms with Crippen molar-refractivity contribution in [3.8, 4) is 0 Å². The minimum Gasteiger partial charge on any atom is -0.465 e. The zero-order valence-corrected chi connectivity index (χ0v) is 13.6. The molecule has 0 saturated carbocycles. The van der Waals surface area contributed by atoms with E-state index in [0.29, 0.717) is 33.0 Å². The molecule has 0 bridgehead atoms. The van der Waals surface area contributed by atoms with Gasteiger partial charge in [-0.25, -0.2) is 0 Å². The second-order valence-corrected chi connectivity index (χ2v) is 4.98. The van der Waals surface area contributed by atoms with Gasteiger partial charge in [0.2, 0.25) is 0 Å². The van der Waals surface area contributed by atoms with E-state index in [4.69, 9.17) is 18.6 Å². The number of hydrogen-bond acceptors (Lipinski definition) is 5. The van der Waals surface area contributed by atoms with Gasteiger partial charge in [0, 0.05) is 25.9 Å². The molecule has 1 N–H and O–H groups in total. The molecule has 0 aliphatic heterocycles. The first kappa shape index (κ1) is 18.2. The van der Waals surface area contributed by atoms with Crippen LogP contribution in [0.5, 0.6) is 0 Å². The number of furan rings is 1. The Kier molecular flexibility index (Phi) is 10.2. The van der Waals surface area contributed by atoms with Crippen LogP contribution in [0.2, 0.25) is 0 Å². The van der Waals surface area contributed by atoms with Crippen molar-refractivity contribution in [2.24, 2.45) is 0 Å². The number of rotatable bonds is 13. The van der Waals surface area contributed by atoms with Crippen molar-refractivity contribution in [3.05, 3.63) is 23.2 Å². The van der Waals surface area contributed by atoms with Gasteiger partial charge in [0.1, 0.15) is 11.5 Å². The zero-order chi connectivity index (χ0) is 15.3. The second-order valence-electron chi connectivity index (χ2n) is 4.98. The van der Waals surface area contributed by atoms with Crippen molar-refractivity contribution in [1.29, 1.82) is 0 Å². The topological polar surface area (TPSA) is 52.9 Å². The maximum absolute atomic E-state index is 5.70. The van der Waals surface area contributed by atoms with Crippen molar-refractivity contribution < 1.29 is 18.6 Å². The van der Waals surface area contributed by atoms with E-state index in [-0.39, 0.29) is 0 Å². The number of methoxy groups -OCH3 is 1. The third kappa shape index (κ3) is 8.21. The first-order valence-corrected chi connectivity index (χ1v) is 7.71. The Morgan fingerprint density at radius 2 is 1.95 bits per heavy atom. The van der Waals surface area contributed by atoms with Gasteiger partial charge in [-0.05, 0) is 32.4 Å². The summed E-state index contributed by atoms with van der Waals surface area (Å²) >= 11 is 0. The molecule has 0 amide bonds. The molecular weight excluding hydrogens is 270 g/mol. The van der Waals surface area contributed by atoms with Crippen LogP contribution in [0.1, 0.15) is 36.8 Å². The van der Waals surface area contributed by atoms with Crippen LogP contribution in [0.15, 0.2) is 10.5 Å². The molecule has 0 fully saturated rings. The number of aryl methyl sites for hydroxylation is 1. The first-order chi connectivity index (χ1) is 10.3. The molecule has 1 aromatic heterocycles. The molecule has 122 valence electrons. The number of nitrogens with one attached hydrogen (secondary N) is 1. The third-order valence-electron chi connectivity index (χ3n) is 3.06. The summed E-state index contributed by atoms with van der Waals surface area (Å²) in [5, 5.41) is 3.33. The van der Waals surface area contributed by atoms with E-state index in [2.05, 4.69) is 18.3 Å². The summed E-state index contributed by atoms with van der Waals surface area (Å²) in [7, 11) is 1.67. The summed E-state index contributed by atoms with van der Waals surface area (Å²) in [5.41, 5.74) is 1.13. The van der Waals surface area contributed by atoms with Gasteiger partial charge in [-0.2, -0.15) is 0 Å². The average molecular weight is 299 g/mol. The van der Waals surface area contributed by atoms with Gasteiger partial charge in [0.15, 0.2) is 0 Å². The lowest BCUT2D eigenvalue weighted by molar-refractivity contribution is 0.0482. The summed E-state index contributed by atoms with van der Waals surface area (Å²) in [4.78, 5) is 0. The van der Waals surface area contributed by atoms with Crippen LogP contribution >= 0.6 is 0 Å². The Balaban J connectivity index is 2.11. The highest BCUT2D eigenvalue weighted by Crippen LogP contribution is 2.15. The SMILES string of the molecule is CCCNCc1cc(COCCCOCCOC)c(C)o1. The van der Waals surface area contributed by atoms with Crippen LogP contribution in [0.3, 0.4) is 0 Å². The minimum atomic E-state index is 0.598. The van der Waals surface area contributed by atoms with Crippen LogP contribution in [-0.4, -0.2) is 40.1 Å². The third-order valence-corrected chi connectivity index (χ3v) is 3.06. The molecule has 0 saturated heterocycles. The highest BCUT2D eigenvalue weighted by atomic mass is 16.5. The number of ether oxygens (including phenoxy) is 3. The van der Waals surface area contributed by atoms with E-state index in [1.165, 1.54) is 0 Å². The molecule has 1 aromatic rings. The van der Waals surface area contributed by atoms with Gasteiger partial charge >= 0.3 is 0 Å². The lowest BCUT2D eigenvalue weighted by Gasteiger charge is -2.04. The molecule has 0 aliphatic carbocycles. The van der Waals surface area contributed by atoms with Crippen LogP contribution in [0.4, 0.5) is 0 Å². The van der Waals surface area contributed by atoms with Crippen molar-refractivity contribution in [1.82, 2.24) is 5.32 Å². The Morgan fingerprint density at radius 3 is 2.71 bits per heavy atom. The molecule has 0 spiro atoms. The Labute approximate surface area is 127 Å². The smallest absolute Gasteiger partial charge is 0.118 e. The summed E-state index contributed by atoms with van der Waals surface area (Å²) < 4.78 is 21.6. The van der Waals surface area contributed by atoms with E-state index in [9.17, 15) is 0 Å². The quantitative estimate of drug-likeness (QED) is 0.568.